The lowest BCUT2D eigenvalue weighted by atomic mass is 10.1. The van der Waals surface area contributed by atoms with Gasteiger partial charge in [-0.05, 0) is 38.8 Å². The number of likely N-dealkylation sites (tertiary alicyclic amines) is 1. The van der Waals surface area contributed by atoms with Crippen LogP contribution in [0.1, 0.15) is 31.5 Å². The number of nitrogens with zero attached hydrogens (tertiary/aromatic N) is 3. The second-order valence-electron chi connectivity index (χ2n) is 5.70. The molecule has 1 unspecified atom stereocenters. The Morgan fingerprint density at radius 1 is 1.50 bits per heavy atom. The van der Waals surface area contributed by atoms with Crippen LogP contribution in [0.4, 0.5) is 0 Å². The monoisotopic (exact) mass is 304 g/mol. The molecule has 1 fully saturated rings. The van der Waals surface area contributed by atoms with Gasteiger partial charge in [0.15, 0.2) is 5.96 Å². The highest BCUT2D eigenvalue weighted by Crippen LogP contribution is 2.17. The van der Waals surface area contributed by atoms with Crippen molar-refractivity contribution in [3.8, 4) is 0 Å². The molecule has 2 rings (SSSR count). The predicted octanol–water partition coefficient (Wildman–Crippen LogP) is 2.21. The molecule has 0 aliphatic carbocycles. The molecule has 0 saturated carbocycles. The third kappa shape index (κ3) is 4.70. The van der Waals surface area contributed by atoms with E-state index in [-0.39, 0.29) is 0 Å². The minimum atomic E-state index is 0.611. The maximum absolute atomic E-state index is 5.55. The number of aliphatic imine (C=N–C) groups is 1. The van der Waals surface area contributed by atoms with Gasteiger partial charge in [-0.25, -0.2) is 4.99 Å². The molecule has 0 amide bonds. The first kappa shape index (κ1) is 16.7. The van der Waals surface area contributed by atoms with Crippen LogP contribution in [0, 0.1) is 12.8 Å². The van der Waals surface area contributed by atoms with Crippen molar-refractivity contribution in [3.05, 3.63) is 29.6 Å². The standard InChI is InChI=1S/C17H28N4O/c1-4-18-17(20-11-16-14(3)7-6-9-19-16)21-10-8-15(12-21)13-22-5-2/h6-7,9,15H,4-5,8,10-13H2,1-3H3,(H,18,20). The van der Waals surface area contributed by atoms with Crippen LogP contribution in [0.2, 0.25) is 0 Å². The van der Waals surface area contributed by atoms with Crippen LogP contribution in [0.25, 0.3) is 0 Å². The Kier molecular flexibility index (Phi) is 6.65. The minimum Gasteiger partial charge on any atom is -0.381 e. The molecule has 2 heterocycles. The summed E-state index contributed by atoms with van der Waals surface area (Å²) in [5, 5.41) is 3.40. The molecule has 1 aliphatic rings. The van der Waals surface area contributed by atoms with Crippen LogP contribution in [-0.2, 0) is 11.3 Å². The van der Waals surface area contributed by atoms with Gasteiger partial charge in [-0.15, -0.1) is 0 Å². The topological polar surface area (TPSA) is 49.8 Å². The SMILES string of the molecule is CCNC(=NCc1ncccc1C)N1CCC(COCC)C1. The first-order chi connectivity index (χ1) is 10.7. The fraction of sp³-hybridized carbons (Fsp3) is 0.647. The zero-order valence-corrected chi connectivity index (χ0v) is 14.0. The Morgan fingerprint density at radius 2 is 2.36 bits per heavy atom. The smallest absolute Gasteiger partial charge is 0.194 e. The molecular formula is C17H28N4O. The zero-order chi connectivity index (χ0) is 15.8. The van der Waals surface area contributed by atoms with Crippen molar-refractivity contribution >= 4 is 5.96 Å². The van der Waals surface area contributed by atoms with E-state index >= 15 is 0 Å². The molecule has 122 valence electrons. The van der Waals surface area contributed by atoms with Gasteiger partial charge in [0.2, 0.25) is 0 Å². The number of pyridine rings is 1. The number of hydrogen-bond acceptors (Lipinski definition) is 3. The van der Waals surface area contributed by atoms with Crippen molar-refractivity contribution in [2.24, 2.45) is 10.9 Å². The lowest BCUT2D eigenvalue weighted by molar-refractivity contribution is 0.114. The summed E-state index contributed by atoms with van der Waals surface area (Å²) < 4.78 is 5.55. The molecule has 1 saturated heterocycles. The van der Waals surface area contributed by atoms with Crippen molar-refractivity contribution < 1.29 is 4.74 Å². The molecule has 0 bridgehead atoms. The molecule has 1 N–H and O–H groups in total. The van der Waals surface area contributed by atoms with Crippen molar-refractivity contribution in [1.82, 2.24) is 15.2 Å². The molecule has 1 atom stereocenters. The first-order valence-electron chi connectivity index (χ1n) is 8.26. The molecule has 0 radical (unpaired) electrons. The summed E-state index contributed by atoms with van der Waals surface area (Å²) in [4.78, 5) is 11.5. The number of rotatable bonds is 6. The number of aromatic nitrogens is 1. The molecule has 1 aliphatic heterocycles. The summed E-state index contributed by atoms with van der Waals surface area (Å²) in [5.41, 5.74) is 2.24. The average Bonchev–Trinajstić information content (AvgIpc) is 2.99. The predicted molar refractivity (Wildman–Crippen MR) is 90.0 cm³/mol. The van der Waals surface area contributed by atoms with Crippen LogP contribution in [0.5, 0.6) is 0 Å². The molecule has 5 heteroatoms. The molecular weight excluding hydrogens is 276 g/mol. The maximum Gasteiger partial charge on any atom is 0.194 e. The second-order valence-corrected chi connectivity index (χ2v) is 5.70. The molecule has 1 aromatic heterocycles. The maximum atomic E-state index is 5.55. The van der Waals surface area contributed by atoms with E-state index in [1.54, 1.807) is 0 Å². The van der Waals surface area contributed by atoms with Crippen molar-refractivity contribution in [2.75, 3.05) is 32.8 Å². The summed E-state index contributed by atoms with van der Waals surface area (Å²) in [6.07, 6.45) is 3.01. The minimum absolute atomic E-state index is 0.611. The Hall–Kier alpha value is -1.62. The third-order valence-corrected chi connectivity index (χ3v) is 3.97. The summed E-state index contributed by atoms with van der Waals surface area (Å²) in [6.45, 7) is 11.5. The Bertz CT molecular complexity index is 489. The molecule has 1 aromatic rings. The largest absolute Gasteiger partial charge is 0.381 e. The lowest BCUT2D eigenvalue weighted by Crippen LogP contribution is -2.40. The fourth-order valence-corrected chi connectivity index (χ4v) is 2.71. The van der Waals surface area contributed by atoms with Gasteiger partial charge in [-0.2, -0.15) is 0 Å². The van der Waals surface area contributed by atoms with E-state index in [4.69, 9.17) is 9.73 Å². The summed E-state index contributed by atoms with van der Waals surface area (Å²) in [6, 6.07) is 4.05. The van der Waals surface area contributed by atoms with Gasteiger partial charge in [-0.3, -0.25) is 4.98 Å². The molecule has 5 nitrogen and oxygen atoms in total. The number of ether oxygens (including phenoxy) is 1. The Balaban J connectivity index is 1.97. The van der Waals surface area contributed by atoms with E-state index < -0.39 is 0 Å². The van der Waals surface area contributed by atoms with Crippen molar-refractivity contribution in [3.63, 3.8) is 0 Å². The van der Waals surface area contributed by atoms with E-state index in [1.165, 1.54) is 12.0 Å². The van der Waals surface area contributed by atoms with Gasteiger partial charge in [0.05, 0.1) is 18.8 Å². The molecule has 0 aromatic carbocycles. The van der Waals surface area contributed by atoms with Gasteiger partial charge in [0.25, 0.3) is 0 Å². The van der Waals surface area contributed by atoms with Crippen LogP contribution < -0.4 is 5.32 Å². The summed E-state index contributed by atoms with van der Waals surface area (Å²) in [7, 11) is 0. The van der Waals surface area contributed by atoms with Gasteiger partial charge < -0.3 is 15.0 Å². The van der Waals surface area contributed by atoms with E-state index in [0.717, 1.165) is 44.5 Å². The van der Waals surface area contributed by atoms with Crippen molar-refractivity contribution in [1.29, 1.82) is 0 Å². The van der Waals surface area contributed by atoms with Crippen LogP contribution in [-0.4, -0.2) is 48.7 Å². The number of nitrogens with one attached hydrogen (secondary N) is 1. The Morgan fingerprint density at radius 3 is 3.09 bits per heavy atom. The number of guanidine groups is 1. The van der Waals surface area contributed by atoms with Gasteiger partial charge in [0.1, 0.15) is 0 Å². The third-order valence-electron chi connectivity index (χ3n) is 3.97. The van der Waals surface area contributed by atoms with E-state index in [0.29, 0.717) is 12.5 Å². The highest BCUT2D eigenvalue weighted by atomic mass is 16.5. The molecule has 22 heavy (non-hydrogen) atoms. The van der Waals surface area contributed by atoms with Gasteiger partial charge in [-0.1, -0.05) is 6.07 Å². The van der Waals surface area contributed by atoms with Gasteiger partial charge in [0, 0.05) is 38.4 Å². The normalized spacial score (nSPS) is 18.8. The van der Waals surface area contributed by atoms with E-state index in [2.05, 4.69) is 35.1 Å². The quantitative estimate of drug-likeness (QED) is 0.647. The number of hydrogen-bond donors (Lipinski definition) is 1. The average molecular weight is 304 g/mol. The second kappa shape index (κ2) is 8.73. The Labute approximate surface area is 133 Å². The van der Waals surface area contributed by atoms with E-state index in [9.17, 15) is 0 Å². The summed E-state index contributed by atoms with van der Waals surface area (Å²) >= 11 is 0. The van der Waals surface area contributed by atoms with Crippen LogP contribution in [0.3, 0.4) is 0 Å². The zero-order valence-electron chi connectivity index (χ0n) is 14.0. The van der Waals surface area contributed by atoms with Crippen LogP contribution >= 0.6 is 0 Å². The van der Waals surface area contributed by atoms with Crippen molar-refractivity contribution in [2.45, 2.75) is 33.7 Å². The highest BCUT2D eigenvalue weighted by molar-refractivity contribution is 5.80. The van der Waals surface area contributed by atoms with Crippen LogP contribution in [0.15, 0.2) is 23.3 Å². The first-order valence-corrected chi connectivity index (χ1v) is 8.26. The fourth-order valence-electron chi connectivity index (χ4n) is 2.71. The lowest BCUT2D eigenvalue weighted by Gasteiger charge is -2.21. The van der Waals surface area contributed by atoms with E-state index in [1.807, 2.05) is 19.2 Å². The summed E-state index contributed by atoms with van der Waals surface area (Å²) in [5.74, 6) is 1.60. The number of aryl methyl sites for hydroxylation is 1. The van der Waals surface area contributed by atoms with Gasteiger partial charge >= 0.3 is 0 Å². The molecule has 0 spiro atoms. The highest BCUT2D eigenvalue weighted by Gasteiger charge is 2.24.